The summed E-state index contributed by atoms with van der Waals surface area (Å²) >= 11 is 0. The number of nitrogen functional groups attached to an aromatic ring is 1. The summed E-state index contributed by atoms with van der Waals surface area (Å²) < 4.78 is 7.58. The normalized spacial score (nSPS) is 23.0. The van der Waals surface area contributed by atoms with Crippen molar-refractivity contribution in [2.24, 2.45) is 0 Å². The molecule has 5 nitrogen and oxygen atoms in total. The second-order valence-electron chi connectivity index (χ2n) is 6.72. The molecule has 2 saturated heterocycles. The summed E-state index contributed by atoms with van der Waals surface area (Å²) in [5.41, 5.74) is 7.97. The maximum Gasteiger partial charge on any atom is 0.0879 e. The first-order valence-electron chi connectivity index (χ1n) is 8.31. The summed E-state index contributed by atoms with van der Waals surface area (Å²) in [5, 5.41) is 4.72. The lowest BCUT2D eigenvalue weighted by atomic mass is 10.00. The number of ether oxygens (including phenoxy) is 1. The van der Waals surface area contributed by atoms with E-state index in [1.54, 1.807) is 0 Å². The van der Waals surface area contributed by atoms with Crippen molar-refractivity contribution in [1.82, 2.24) is 14.7 Å². The zero-order valence-electron chi connectivity index (χ0n) is 13.3. The first kappa shape index (κ1) is 14.9. The fraction of sp³-hybridized carbons (Fsp3) is 0.812. The van der Waals surface area contributed by atoms with Gasteiger partial charge in [-0.25, -0.2) is 0 Å². The number of likely N-dealkylation sites (tertiary alicyclic amines) is 1. The summed E-state index contributed by atoms with van der Waals surface area (Å²) in [6.45, 7) is 8.50. The second-order valence-corrected chi connectivity index (χ2v) is 6.72. The van der Waals surface area contributed by atoms with Gasteiger partial charge in [0.25, 0.3) is 0 Å². The van der Waals surface area contributed by atoms with Gasteiger partial charge in [-0.3, -0.25) is 4.68 Å². The van der Waals surface area contributed by atoms with E-state index in [0.29, 0.717) is 12.0 Å². The summed E-state index contributed by atoms with van der Waals surface area (Å²) in [6, 6.07) is 1.24. The van der Waals surface area contributed by atoms with Crippen LogP contribution in [0.25, 0.3) is 0 Å². The number of aromatic nitrogens is 2. The van der Waals surface area contributed by atoms with E-state index in [9.17, 15) is 0 Å². The first-order chi connectivity index (χ1) is 10.1. The lowest BCUT2D eigenvalue weighted by molar-refractivity contribution is 0.0212. The molecule has 21 heavy (non-hydrogen) atoms. The molecular weight excluding hydrogens is 264 g/mol. The van der Waals surface area contributed by atoms with Crippen molar-refractivity contribution in [3.05, 3.63) is 11.9 Å². The van der Waals surface area contributed by atoms with Crippen molar-refractivity contribution < 1.29 is 4.74 Å². The predicted molar refractivity (Wildman–Crippen MR) is 84.4 cm³/mol. The Morgan fingerprint density at radius 2 is 1.81 bits per heavy atom. The van der Waals surface area contributed by atoms with Gasteiger partial charge in [-0.1, -0.05) is 13.8 Å². The van der Waals surface area contributed by atoms with Gasteiger partial charge in [0.15, 0.2) is 0 Å². The van der Waals surface area contributed by atoms with Crippen molar-refractivity contribution in [3.8, 4) is 0 Å². The molecule has 3 heterocycles. The highest BCUT2D eigenvalue weighted by molar-refractivity contribution is 5.42. The highest BCUT2D eigenvalue weighted by atomic mass is 16.5. The van der Waals surface area contributed by atoms with Crippen LogP contribution in [0.2, 0.25) is 0 Å². The Labute approximate surface area is 127 Å². The van der Waals surface area contributed by atoms with Crippen LogP contribution in [-0.2, 0) is 4.74 Å². The lowest BCUT2D eigenvalue weighted by Gasteiger charge is -2.39. The number of rotatable bonds is 3. The van der Waals surface area contributed by atoms with Crippen LogP contribution in [0.15, 0.2) is 6.20 Å². The molecule has 0 saturated carbocycles. The second kappa shape index (κ2) is 6.36. The van der Waals surface area contributed by atoms with Gasteiger partial charge in [0.05, 0.1) is 17.4 Å². The van der Waals surface area contributed by atoms with E-state index in [-0.39, 0.29) is 0 Å². The van der Waals surface area contributed by atoms with Crippen molar-refractivity contribution in [1.29, 1.82) is 0 Å². The van der Waals surface area contributed by atoms with Gasteiger partial charge >= 0.3 is 0 Å². The molecule has 2 aliphatic rings. The molecule has 0 unspecified atom stereocenters. The molecule has 118 valence electrons. The van der Waals surface area contributed by atoms with Crippen LogP contribution in [0.3, 0.4) is 0 Å². The molecule has 3 rings (SSSR count). The van der Waals surface area contributed by atoms with Gasteiger partial charge in [0.2, 0.25) is 0 Å². The van der Waals surface area contributed by atoms with Crippen molar-refractivity contribution in [2.45, 2.75) is 57.5 Å². The number of hydrogen-bond acceptors (Lipinski definition) is 4. The molecule has 0 aliphatic carbocycles. The number of nitrogens with two attached hydrogens (primary N) is 1. The fourth-order valence-corrected chi connectivity index (χ4v) is 3.62. The molecule has 1 aromatic rings. The van der Waals surface area contributed by atoms with Gasteiger partial charge < -0.3 is 15.4 Å². The minimum Gasteiger partial charge on any atom is -0.396 e. The molecule has 0 aromatic carbocycles. The molecule has 1 aromatic heterocycles. The molecule has 2 aliphatic heterocycles. The third-order valence-corrected chi connectivity index (χ3v) is 4.92. The molecule has 0 amide bonds. The smallest absolute Gasteiger partial charge is 0.0879 e. The standard InChI is InChI=1S/C16H28N4O/c1-12(2)16-15(17)11-20(18-16)14-3-7-19(8-4-14)13-5-9-21-10-6-13/h11-14H,3-10,17H2,1-2H3. The summed E-state index contributed by atoms with van der Waals surface area (Å²) in [6.07, 6.45) is 6.77. The van der Waals surface area contributed by atoms with Crippen molar-refractivity contribution >= 4 is 5.69 Å². The molecule has 2 fully saturated rings. The van der Waals surface area contributed by atoms with Gasteiger partial charge in [-0.2, -0.15) is 5.10 Å². The molecular formula is C16H28N4O. The van der Waals surface area contributed by atoms with E-state index in [2.05, 4.69) is 23.4 Å². The van der Waals surface area contributed by atoms with Crippen LogP contribution in [0.4, 0.5) is 5.69 Å². The quantitative estimate of drug-likeness (QED) is 0.929. The van der Waals surface area contributed by atoms with E-state index < -0.39 is 0 Å². The van der Waals surface area contributed by atoms with Crippen LogP contribution < -0.4 is 5.73 Å². The van der Waals surface area contributed by atoms with Crippen LogP contribution in [0.5, 0.6) is 0 Å². The zero-order valence-corrected chi connectivity index (χ0v) is 13.3. The molecule has 2 N–H and O–H groups in total. The Kier molecular flexibility index (Phi) is 4.50. The minimum absolute atomic E-state index is 0.397. The van der Waals surface area contributed by atoms with E-state index in [1.165, 1.54) is 38.8 Å². The SMILES string of the molecule is CC(C)c1nn(C2CCN(C3CCOCC3)CC2)cc1N. The molecule has 0 atom stereocenters. The van der Waals surface area contributed by atoms with E-state index >= 15 is 0 Å². The molecule has 0 radical (unpaired) electrons. The van der Waals surface area contributed by atoms with E-state index in [1.807, 2.05) is 6.20 Å². The highest BCUT2D eigenvalue weighted by Crippen LogP contribution is 2.28. The van der Waals surface area contributed by atoms with Gasteiger partial charge in [0, 0.05) is 38.5 Å². The van der Waals surface area contributed by atoms with Crippen LogP contribution in [0, 0.1) is 0 Å². The predicted octanol–water partition coefficient (Wildman–Crippen LogP) is 2.40. The van der Waals surface area contributed by atoms with Crippen molar-refractivity contribution in [3.63, 3.8) is 0 Å². The number of piperidine rings is 1. The van der Waals surface area contributed by atoms with Crippen LogP contribution >= 0.6 is 0 Å². The average molecular weight is 292 g/mol. The minimum atomic E-state index is 0.397. The number of nitrogens with zero attached hydrogens (tertiary/aromatic N) is 3. The maximum atomic E-state index is 6.09. The Morgan fingerprint density at radius 1 is 1.14 bits per heavy atom. The maximum absolute atomic E-state index is 6.09. The number of hydrogen-bond donors (Lipinski definition) is 1. The third-order valence-electron chi connectivity index (χ3n) is 4.92. The van der Waals surface area contributed by atoms with Gasteiger partial charge in [0.1, 0.15) is 0 Å². The largest absolute Gasteiger partial charge is 0.396 e. The zero-order chi connectivity index (χ0) is 14.8. The van der Waals surface area contributed by atoms with Crippen LogP contribution in [-0.4, -0.2) is 47.0 Å². The summed E-state index contributed by atoms with van der Waals surface area (Å²) in [5.74, 6) is 0.397. The Balaban J connectivity index is 1.59. The monoisotopic (exact) mass is 292 g/mol. The molecule has 0 spiro atoms. The lowest BCUT2D eigenvalue weighted by Crippen LogP contribution is -2.44. The van der Waals surface area contributed by atoms with Crippen LogP contribution in [0.1, 0.15) is 57.2 Å². The van der Waals surface area contributed by atoms with Gasteiger partial charge in [-0.05, 0) is 31.6 Å². The summed E-state index contributed by atoms with van der Waals surface area (Å²) in [4.78, 5) is 2.65. The van der Waals surface area contributed by atoms with E-state index in [0.717, 1.165) is 30.6 Å². The Morgan fingerprint density at radius 3 is 2.38 bits per heavy atom. The Bertz CT molecular complexity index is 457. The highest BCUT2D eigenvalue weighted by Gasteiger charge is 2.27. The van der Waals surface area contributed by atoms with Gasteiger partial charge in [-0.15, -0.1) is 0 Å². The molecule has 0 bridgehead atoms. The first-order valence-corrected chi connectivity index (χ1v) is 8.31. The van der Waals surface area contributed by atoms with Crippen molar-refractivity contribution in [2.75, 3.05) is 32.0 Å². The molecule has 5 heteroatoms. The number of anilines is 1. The average Bonchev–Trinajstić information content (AvgIpc) is 2.90. The summed E-state index contributed by atoms with van der Waals surface area (Å²) in [7, 11) is 0. The Hall–Kier alpha value is -1.07. The van der Waals surface area contributed by atoms with E-state index in [4.69, 9.17) is 15.6 Å². The third kappa shape index (κ3) is 3.24. The fourth-order valence-electron chi connectivity index (χ4n) is 3.62. The topological polar surface area (TPSA) is 56.3 Å².